The van der Waals surface area contributed by atoms with Crippen molar-refractivity contribution in [2.75, 3.05) is 18.6 Å². The van der Waals surface area contributed by atoms with E-state index < -0.39 is 28.7 Å². The number of carbonyl (C=O) groups is 2. The van der Waals surface area contributed by atoms with Crippen LogP contribution >= 0.6 is 11.8 Å². The van der Waals surface area contributed by atoms with E-state index in [1.807, 2.05) is 24.3 Å². The Hall–Kier alpha value is -1.80. The van der Waals surface area contributed by atoms with Gasteiger partial charge in [0.25, 0.3) is 0 Å². The smallest absolute Gasteiger partial charge is 0.178 e. The molecule has 0 spiro atoms. The summed E-state index contributed by atoms with van der Waals surface area (Å²) in [5, 5.41) is 13.7. The maximum Gasteiger partial charge on any atom is 0.178 e. The first-order valence-corrected chi connectivity index (χ1v) is 15.2. The average Bonchev–Trinajstić information content (AvgIpc) is 3.34. The maximum absolute atomic E-state index is 15.8. The molecule has 9 atom stereocenters. The van der Waals surface area contributed by atoms with Gasteiger partial charge in [0.05, 0.1) is 11.9 Å². The van der Waals surface area contributed by atoms with Crippen molar-refractivity contribution in [3.05, 3.63) is 59.2 Å². The summed E-state index contributed by atoms with van der Waals surface area (Å²) in [5.74, 6) is -0.0123. The molecule has 1 N–H and O–H groups in total. The third-order valence-corrected chi connectivity index (χ3v) is 11.2. The fourth-order valence-electron chi connectivity index (χ4n) is 9.18. The number of aliphatic hydroxyl groups excluding tert-OH is 1. The van der Waals surface area contributed by atoms with Gasteiger partial charge in [0, 0.05) is 35.8 Å². The number of halogens is 1. The molecule has 1 aliphatic heterocycles. The molecule has 0 amide bonds. The highest BCUT2D eigenvalue weighted by Gasteiger charge is 2.75. The molecule has 5 aliphatic rings. The van der Waals surface area contributed by atoms with Crippen molar-refractivity contribution < 1.29 is 23.9 Å². The van der Waals surface area contributed by atoms with Gasteiger partial charge < -0.3 is 5.11 Å². The number of aliphatic hydroxyl groups is 1. The van der Waals surface area contributed by atoms with Crippen molar-refractivity contribution in [2.45, 2.75) is 64.5 Å². The lowest BCUT2D eigenvalue weighted by Gasteiger charge is -2.60. The number of benzene rings is 1. The van der Waals surface area contributed by atoms with E-state index in [2.05, 4.69) is 38.1 Å². The molecule has 7 heteroatoms. The number of rotatable bonds is 5. The fraction of sp³-hybridized carbons (Fsp3) is 0.613. The predicted molar refractivity (Wildman–Crippen MR) is 146 cm³/mol. The van der Waals surface area contributed by atoms with Gasteiger partial charge in [-0.15, -0.1) is 0 Å². The van der Waals surface area contributed by atoms with Crippen molar-refractivity contribution in [3.8, 4) is 0 Å². The van der Waals surface area contributed by atoms with E-state index in [9.17, 15) is 14.7 Å². The number of ketones is 2. The number of hydrogen-bond acceptors (Lipinski definition) is 6. The summed E-state index contributed by atoms with van der Waals surface area (Å²) < 4.78 is 15.8. The van der Waals surface area contributed by atoms with Gasteiger partial charge in [-0.2, -0.15) is 16.8 Å². The van der Waals surface area contributed by atoms with E-state index in [4.69, 9.17) is 4.84 Å². The molecule has 1 aromatic carbocycles. The van der Waals surface area contributed by atoms with E-state index in [0.717, 1.165) is 12.0 Å². The Kier molecular flexibility index (Phi) is 6.34. The molecule has 38 heavy (non-hydrogen) atoms. The Morgan fingerprint density at radius 3 is 2.68 bits per heavy atom. The molecule has 3 unspecified atom stereocenters. The second kappa shape index (κ2) is 9.12. The number of alkyl halides is 1. The Labute approximate surface area is 228 Å². The topological polar surface area (TPSA) is 66.8 Å². The van der Waals surface area contributed by atoms with E-state index in [1.54, 1.807) is 0 Å². The van der Waals surface area contributed by atoms with Crippen molar-refractivity contribution in [2.24, 2.45) is 34.5 Å². The first-order valence-electron chi connectivity index (χ1n) is 13.8. The summed E-state index contributed by atoms with van der Waals surface area (Å²) in [6, 6.07) is 8.37. The molecular formula is C31H38FNO4S. The zero-order valence-electron chi connectivity index (χ0n) is 22.7. The van der Waals surface area contributed by atoms with Crippen LogP contribution in [0.5, 0.6) is 0 Å². The largest absolute Gasteiger partial charge is 0.393 e. The van der Waals surface area contributed by atoms with Crippen LogP contribution in [0.4, 0.5) is 4.39 Å². The van der Waals surface area contributed by atoms with Crippen LogP contribution in [0.1, 0.15) is 44.2 Å². The summed E-state index contributed by atoms with van der Waals surface area (Å²) in [7, 11) is 0. The Balaban J connectivity index is 1.37. The third-order valence-electron chi connectivity index (χ3n) is 10.7. The summed E-state index contributed by atoms with van der Waals surface area (Å²) in [5.41, 5.74) is 0.483. The number of hydrogen-bond donors (Lipinski definition) is 1. The molecule has 4 aliphatic carbocycles. The van der Waals surface area contributed by atoms with Crippen molar-refractivity contribution in [3.63, 3.8) is 0 Å². The van der Waals surface area contributed by atoms with E-state index in [0.29, 0.717) is 30.8 Å². The molecule has 0 aromatic heterocycles. The predicted octanol–water partition coefficient (Wildman–Crippen LogP) is 4.87. The fourth-order valence-corrected chi connectivity index (χ4v) is 9.66. The Morgan fingerprint density at radius 2 is 1.97 bits per heavy atom. The first kappa shape index (κ1) is 26.4. The number of thioether (sulfide) groups is 1. The van der Waals surface area contributed by atoms with Crippen molar-refractivity contribution >= 4 is 23.3 Å². The number of fused-ring (bicyclic) bond motifs is 7. The summed E-state index contributed by atoms with van der Waals surface area (Å²) >= 11 is 1.50. The summed E-state index contributed by atoms with van der Waals surface area (Å²) in [6.45, 7) is 7.39. The second-order valence-electron chi connectivity index (χ2n) is 12.7. The highest BCUT2D eigenvalue weighted by atomic mass is 32.2. The van der Waals surface area contributed by atoms with Gasteiger partial charge >= 0.3 is 0 Å². The van der Waals surface area contributed by atoms with Crippen molar-refractivity contribution in [1.82, 2.24) is 5.06 Å². The molecule has 5 nitrogen and oxygen atoms in total. The van der Waals surface area contributed by atoms with Gasteiger partial charge in [-0.05, 0) is 67.6 Å². The standard InChI is InChI=1S/C31H38FNO4S/c1-18-5-7-19(8-6-18)15-33-16-20-11-23-22-13-25(32)24-12-21(34)9-10-29(24,2)28(22)26(35)14-30(23,3)31(20,37-33)27(36)17-38-4/h5-10,12,20,22-23,25-26,28,35H,11,13-17H2,1-4H3/t20-,22-,23?,25-,26-,28?,29-,30?,31-/m0/s1. The van der Waals surface area contributed by atoms with Gasteiger partial charge in [-0.25, -0.2) is 4.39 Å². The van der Waals surface area contributed by atoms with Crippen LogP contribution in [0.25, 0.3) is 0 Å². The third kappa shape index (κ3) is 3.61. The monoisotopic (exact) mass is 539 g/mol. The summed E-state index contributed by atoms with van der Waals surface area (Å²) in [6.07, 6.45) is 6.24. The number of allylic oxidation sites excluding steroid dienone is 4. The minimum absolute atomic E-state index is 0.0140. The van der Waals surface area contributed by atoms with E-state index in [1.165, 1.54) is 29.5 Å². The molecule has 204 valence electrons. The lowest BCUT2D eigenvalue weighted by molar-refractivity contribution is -0.253. The minimum atomic E-state index is -1.23. The lowest BCUT2D eigenvalue weighted by Crippen LogP contribution is -2.63. The first-order chi connectivity index (χ1) is 18.0. The van der Waals surface area contributed by atoms with Gasteiger partial charge in [0.1, 0.15) is 6.17 Å². The normalized spacial score (nSPS) is 43.7. The van der Waals surface area contributed by atoms with Gasteiger partial charge in [-0.1, -0.05) is 49.8 Å². The lowest BCUT2D eigenvalue weighted by atomic mass is 9.46. The number of carbonyl (C=O) groups excluding carboxylic acids is 2. The van der Waals surface area contributed by atoms with Crippen LogP contribution in [-0.2, 0) is 21.0 Å². The van der Waals surface area contributed by atoms with Crippen LogP contribution in [0, 0.1) is 41.4 Å². The van der Waals surface area contributed by atoms with Crippen molar-refractivity contribution in [1.29, 1.82) is 0 Å². The maximum atomic E-state index is 15.8. The quantitative estimate of drug-likeness (QED) is 0.576. The SMILES string of the molecule is CSCC(=O)[C@@]12ON(Cc3ccc(C)cc3)C[C@@H]1CC1[C@@H]3C[C@H](F)C4=CC(=O)C=C[C@]4(C)C3[C@@H](O)CC12C. The molecular weight excluding hydrogens is 501 g/mol. The Morgan fingerprint density at radius 1 is 1.24 bits per heavy atom. The number of Topliss-reactive ketones (excluding diaryl/α,β-unsaturated/α-hetero) is 1. The number of hydroxylamine groups is 2. The minimum Gasteiger partial charge on any atom is -0.393 e. The summed E-state index contributed by atoms with van der Waals surface area (Å²) in [4.78, 5) is 32.9. The van der Waals surface area contributed by atoms with Gasteiger partial charge in [0.2, 0.25) is 0 Å². The highest BCUT2D eigenvalue weighted by Crippen LogP contribution is 2.70. The number of nitrogens with zero attached hydrogens (tertiary/aromatic N) is 1. The second-order valence-corrected chi connectivity index (χ2v) is 13.6. The molecule has 3 saturated carbocycles. The molecule has 1 heterocycles. The van der Waals surface area contributed by atoms with Crippen LogP contribution in [0.15, 0.2) is 48.1 Å². The van der Waals surface area contributed by atoms with Crippen LogP contribution in [-0.4, -0.2) is 58.2 Å². The van der Waals surface area contributed by atoms with Crippen LogP contribution in [0.2, 0.25) is 0 Å². The zero-order chi connectivity index (χ0) is 27.0. The molecule has 1 saturated heterocycles. The van der Waals surface area contributed by atoms with Crippen LogP contribution < -0.4 is 0 Å². The van der Waals surface area contributed by atoms with Gasteiger partial charge in [-0.3, -0.25) is 14.4 Å². The molecule has 1 aromatic rings. The van der Waals surface area contributed by atoms with Crippen LogP contribution in [0.3, 0.4) is 0 Å². The zero-order valence-corrected chi connectivity index (χ0v) is 23.5. The molecule has 0 bridgehead atoms. The van der Waals surface area contributed by atoms with E-state index in [-0.39, 0.29) is 41.7 Å². The molecule has 4 fully saturated rings. The molecule has 0 radical (unpaired) electrons. The van der Waals surface area contributed by atoms with E-state index >= 15 is 4.39 Å². The number of aryl methyl sites for hydroxylation is 1. The van der Waals surface area contributed by atoms with Gasteiger partial charge in [0.15, 0.2) is 17.2 Å². The highest BCUT2D eigenvalue weighted by molar-refractivity contribution is 7.99. The average molecular weight is 540 g/mol. The molecule has 6 rings (SSSR count). The Bertz CT molecular complexity index is 1210.